The highest BCUT2D eigenvalue weighted by Crippen LogP contribution is 2.28. The van der Waals surface area contributed by atoms with E-state index in [9.17, 15) is 27.7 Å². The molecule has 12 heteroatoms. The summed E-state index contributed by atoms with van der Waals surface area (Å²) in [7, 11) is -4.22. The lowest BCUT2D eigenvalue weighted by molar-refractivity contribution is -0.384. The van der Waals surface area contributed by atoms with Gasteiger partial charge in [-0.2, -0.15) is 5.26 Å². The van der Waals surface area contributed by atoms with Crippen molar-refractivity contribution < 1.29 is 22.5 Å². The number of sulfonamides is 1. The van der Waals surface area contributed by atoms with Crippen LogP contribution < -0.4 is 10.0 Å². The lowest BCUT2D eigenvalue weighted by atomic mass is 10.1. The quantitative estimate of drug-likeness (QED) is 0.556. The van der Waals surface area contributed by atoms with E-state index in [-0.39, 0.29) is 22.6 Å². The van der Waals surface area contributed by atoms with Crippen molar-refractivity contribution in [1.82, 2.24) is 10.0 Å². The first kappa shape index (κ1) is 21.1. The molecule has 9 nitrogen and oxygen atoms in total. The van der Waals surface area contributed by atoms with Crippen LogP contribution in [0.2, 0.25) is 5.02 Å². The lowest BCUT2D eigenvalue weighted by Gasteiger charge is -2.10. The molecule has 0 fully saturated rings. The predicted molar refractivity (Wildman–Crippen MR) is 96.5 cm³/mol. The van der Waals surface area contributed by atoms with Gasteiger partial charge >= 0.3 is 6.03 Å². The molecule has 2 aromatic rings. The number of nitro benzene ring substituents is 1. The minimum Gasteiger partial charge on any atom is -0.333 e. The second kappa shape index (κ2) is 8.20. The first-order chi connectivity index (χ1) is 13.0. The highest BCUT2D eigenvalue weighted by atomic mass is 35.5. The van der Waals surface area contributed by atoms with Crippen molar-refractivity contribution in [3.05, 3.63) is 68.0 Å². The summed E-state index contributed by atoms with van der Waals surface area (Å²) in [6.45, 7) is 1.16. The molecule has 0 saturated carbocycles. The minimum absolute atomic E-state index is 0.00960. The second-order valence-electron chi connectivity index (χ2n) is 5.54. The number of hydrogen-bond acceptors (Lipinski definition) is 6. The first-order valence-corrected chi connectivity index (χ1v) is 9.35. The van der Waals surface area contributed by atoms with E-state index in [0.717, 1.165) is 12.1 Å². The molecule has 0 aromatic heterocycles. The van der Waals surface area contributed by atoms with E-state index in [4.69, 9.17) is 16.9 Å². The van der Waals surface area contributed by atoms with Gasteiger partial charge in [-0.3, -0.25) is 10.1 Å². The summed E-state index contributed by atoms with van der Waals surface area (Å²) in [6, 6.07) is 6.31. The van der Waals surface area contributed by atoms with Gasteiger partial charge in [0.05, 0.1) is 21.5 Å². The number of carbonyl (C=O) groups excluding carboxylic acids is 1. The van der Waals surface area contributed by atoms with Crippen LogP contribution in [-0.4, -0.2) is 19.4 Å². The highest BCUT2D eigenvalue weighted by Gasteiger charge is 2.20. The molecule has 0 radical (unpaired) electrons. The number of carbonyl (C=O) groups is 1. The Morgan fingerprint density at radius 1 is 1.36 bits per heavy atom. The summed E-state index contributed by atoms with van der Waals surface area (Å²) in [5.41, 5.74) is 0.0272. The number of nitrogens with one attached hydrogen (secondary N) is 2. The van der Waals surface area contributed by atoms with Crippen molar-refractivity contribution in [3.63, 3.8) is 0 Å². The van der Waals surface area contributed by atoms with Gasteiger partial charge in [-0.15, -0.1) is 0 Å². The van der Waals surface area contributed by atoms with Crippen molar-refractivity contribution >= 4 is 33.3 Å². The van der Waals surface area contributed by atoms with Crippen LogP contribution in [0, 0.1) is 34.2 Å². The molecule has 28 heavy (non-hydrogen) atoms. The van der Waals surface area contributed by atoms with E-state index < -0.39 is 37.5 Å². The molecule has 0 aliphatic carbocycles. The number of nitrogens with zero attached hydrogens (tertiary/aromatic N) is 2. The Balaban J connectivity index is 2.11. The molecular weight excluding hydrogens is 415 g/mol. The second-order valence-corrected chi connectivity index (χ2v) is 7.60. The maximum Gasteiger partial charge on any atom is 0.328 e. The van der Waals surface area contributed by atoms with Gasteiger partial charge in [-0.1, -0.05) is 11.6 Å². The Hall–Kier alpha value is -3.23. The number of benzene rings is 2. The zero-order valence-corrected chi connectivity index (χ0v) is 15.8. The number of nitro groups is 1. The van der Waals surface area contributed by atoms with Gasteiger partial charge in [0.15, 0.2) is 5.02 Å². The average Bonchev–Trinajstić information content (AvgIpc) is 2.61. The number of nitriles is 1. The Bertz CT molecular complexity index is 1110. The maximum absolute atomic E-state index is 13.6. The van der Waals surface area contributed by atoms with Crippen molar-refractivity contribution in [2.24, 2.45) is 0 Å². The third kappa shape index (κ3) is 4.73. The lowest BCUT2D eigenvalue weighted by Crippen LogP contribution is -2.39. The standard InChI is InChI=1S/C16H12ClFN4O5S/c1-9-4-12(3-2-11(9)7-19)28(26,27)21-16(23)20-8-10-5-13(18)15(17)14(6-10)22(24)25/h2-6H,8H2,1H3,(H2,20,21,23). The Morgan fingerprint density at radius 2 is 2.04 bits per heavy atom. The summed E-state index contributed by atoms with van der Waals surface area (Å²) >= 11 is 5.50. The molecule has 0 saturated heterocycles. The molecule has 2 N–H and O–H groups in total. The van der Waals surface area contributed by atoms with Gasteiger partial charge in [0, 0.05) is 12.6 Å². The van der Waals surface area contributed by atoms with Crippen molar-refractivity contribution in [3.8, 4) is 6.07 Å². The average molecular weight is 427 g/mol. The Kier molecular flexibility index (Phi) is 6.17. The van der Waals surface area contributed by atoms with Crippen LogP contribution in [0.15, 0.2) is 35.2 Å². The molecule has 2 rings (SSSR count). The fraction of sp³-hybridized carbons (Fsp3) is 0.125. The summed E-state index contributed by atoms with van der Waals surface area (Å²) in [5, 5.41) is 21.2. The van der Waals surface area contributed by atoms with E-state index in [1.165, 1.54) is 18.2 Å². The molecule has 0 atom stereocenters. The van der Waals surface area contributed by atoms with Crippen LogP contribution in [-0.2, 0) is 16.6 Å². The molecule has 0 unspecified atom stereocenters. The van der Waals surface area contributed by atoms with Crippen LogP contribution in [0.25, 0.3) is 0 Å². The van der Waals surface area contributed by atoms with Gasteiger partial charge in [0.1, 0.15) is 5.82 Å². The van der Waals surface area contributed by atoms with Crippen molar-refractivity contribution in [1.29, 1.82) is 5.26 Å². The fourth-order valence-electron chi connectivity index (χ4n) is 2.19. The molecule has 0 aliphatic heterocycles. The number of rotatable bonds is 5. The summed E-state index contributed by atoms with van der Waals surface area (Å²) in [4.78, 5) is 21.6. The SMILES string of the molecule is Cc1cc(S(=O)(=O)NC(=O)NCc2cc(F)c(Cl)c([N+](=O)[O-])c2)ccc1C#N. The van der Waals surface area contributed by atoms with Gasteiger partial charge in [0.25, 0.3) is 15.7 Å². The number of urea groups is 1. The van der Waals surface area contributed by atoms with Gasteiger partial charge in [0.2, 0.25) is 0 Å². The van der Waals surface area contributed by atoms with Crippen LogP contribution in [0.1, 0.15) is 16.7 Å². The summed E-state index contributed by atoms with van der Waals surface area (Å²) in [5.74, 6) is -1.05. The van der Waals surface area contributed by atoms with E-state index >= 15 is 0 Å². The van der Waals surface area contributed by atoms with E-state index in [2.05, 4.69) is 5.32 Å². The van der Waals surface area contributed by atoms with E-state index in [1.54, 1.807) is 11.6 Å². The molecule has 2 amide bonds. The molecular formula is C16H12ClFN4O5S. The smallest absolute Gasteiger partial charge is 0.328 e. The van der Waals surface area contributed by atoms with Crippen molar-refractivity contribution in [2.45, 2.75) is 18.4 Å². The third-order valence-electron chi connectivity index (χ3n) is 3.57. The topological polar surface area (TPSA) is 142 Å². The summed E-state index contributed by atoms with van der Waals surface area (Å²) in [6.07, 6.45) is 0. The van der Waals surface area contributed by atoms with Crippen LogP contribution in [0.4, 0.5) is 14.9 Å². The maximum atomic E-state index is 13.6. The van der Waals surface area contributed by atoms with Crippen LogP contribution in [0.5, 0.6) is 0 Å². The highest BCUT2D eigenvalue weighted by molar-refractivity contribution is 7.90. The Morgan fingerprint density at radius 3 is 2.61 bits per heavy atom. The van der Waals surface area contributed by atoms with Gasteiger partial charge in [-0.25, -0.2) is 22.3 Å². The monoisotopic (exact) mass is 426 g/mol. The number of hydrogen-bond donors (Lipinski definition) is 2. The molecule has 0 aliphatic rings. The van der Waals surface area contributed by atoms with E-state index in [0.29, 0.717) is 5.56 Å². The molecule has 146 valence electrons. The first-order valence-electron chi connectivity index (χ1n) is 7.49. The number of amides is 2. The summed E-state index contributed by atoms with van der Waals surface area (Å²) < 4.78 is 39.8. The fourth-order valence-corrected chi connectivity index (χ4v) is 3.38. The van der Waals surface area contributed by atoms with Crippen molar-refractivity contribution in [2.75, 3.05) is 0 Å². The number of halogens is 2. The molecule has 0 heterocycles. The zero-order valence-electron chi connectivity index (χ0n) is 14.2. The third-order valence-corrected chi connectivity index (χ3v) is 5.28. The predicted octanol–water partition coefficient (Wildman–Crippen LogP) is 2.76. The van der Waals surface area contributed by atoms with Crippen LogP contribution >= 0.6 is 11.6 Å². The van der Waals surface area contributed by atoms with Crippen LogP contribution in [0.3, 0.4) is 0 Å². The zero-order chi connectivity index (χ0) is 21.1. The minimum atomic E-state index is -4.22. The van der Waals surface area contributed by atoms with E-state index in [1.807, 2.05) is 6.07 Å². The van der Waals surface area contributed by atoms with Gasteiger partial charge < -0.3 is 5.32 Å². The molecule has 0 spiro atoms. The largest absolute Gasteiger partial charge is 0.333 e. The molecule has 0 bridgehead atoms. The number of aryl methyl sites for hydroxylation is 1. The van der Waals surface area contributed by atoms with Gasteiger partial charge in [-0.05, 0) is 42.3 Å². The molecule has 2 aromatic carbocycles. The normalized spacial score (nSPS) is 10.8. The Labute approximate surface area is 163 Å².